The maximum absolute atomic E-state index is 11.2. The highest BCUT2D eigenvalue weighted by Gasteiger charge is 2.20. The summed E-state index contributed by atoms with van der Waals surface area (Å²) in [6.07, 6.45) is 0. The highest BCUT2D eigenvalue weighted by Crippen LogP contribution is 2.34. The molecule has 0 unspecified atom stereocenters. The van der Waals surface area contributed by atoms with Crippen molar-refractivity contribution in [3.8, 4) is 17.2 Å². The molecule has 0 aliphatic carbocycles. The second kappa shape index (κ2) is 5.73. The molecule has 0 radical (unpaired) electrons. The lowest BCUT2D eigenvalue weighted by molar-refractivity contribution is -0.384. The summed E-state index contributed by atoms with van der Waals surface area (Å²) < 4.78 is 0.674. The van der Waals surface area contributed by atoms with E-state index in [0.29, 0.717) is 10.0 Å². The van der Waals surface area contributed by atoms with Crippen LogP contribution < -0.4 is 0 Å². The van der Waals surface area contributed by atoms with Crippen molar-refractivity contribution in [1.29, 1.82) is 5.26 Å². The Labute approximate surface area is 127 Å². The second-order valence-corrected chi connectivity index (χ2v) is 5.01. The molecule has 0 atom stereocenters. The van der Waals surface area contributed by atoms with Crippen molar-refractivity contribution in [2.75, 3.05) is 0 Å². The third-order valence-electron chi connectivity index (χ3n) is 2.83. The molecule has 2 aromatic rings. The third-order valence-corrected chi connectivity index (χ3v) is 3.33. The number of rotatable bonds is 3. The number of carbonyl (C=O) groups is 1. The molecule has 0 amide bonds. The Kier molecular flexibility index (Phi) is 4.00. The van der Waals surface area contributed by atoms with E-state index in [1.807, 2.05) is 6.07 Å². The molecular formula is C14H7BrN2O4. The fourth-order valence-corrected chi connectivity index (χ4v) is 2.25. The van der Waals surface area contributed by atoms with Crippen molar-refractivity contribution >= 4 is 27.6 Å². The zero-order valence-electron chi connectivity index (χ0n) is 10.4. The number of nitro groups is 1. The Bertz CT molecular complexity index is 796. The van der Waals surface area contributed by atoms with Crippen LogP contribution in [0.1, 0.15) is 15.9 Å². The molecular weight excluding hydrogens is 340 g/mol. The van der Waals surface area contributed by atoms with Crippen LogP contribution in [0.2, 0.25) is 0 Å². The van der Waals surface area contributed by atoms with Gasteiger partial charge in [-0.3, -0.25) is 10.1 Å². The lowest BCUT2D eigenvalue weighted by Crippen LogP contribution is -2.00. The largest absolute Gasteiger partial charge is 0.478 e. The molecule has 0 fully saturated rings. The second-order valence-electron chi connectivity index (χ2n) is 4.10. The molecule has 0 spiro atoms. The van der Waals surface area contributed by atoms with Crippen LogP contribution in [-0.4, -0.2) is 16.0 Å². The average molecular weight is 347 g/mol. The van der Waals surface area contributed by atoms with Gasteiger partial charge in [0.15, 0.2) is 0 Å². The van der Waals surface area contributed by atoms with Crippen molar-refractivity contribution in [3.05, 3.63) is 62.1 Å². The molecule has 0 aliphatic rings. The molecule has 2 aromatic carbocycles. The van der Waals surface area contributed by atoms with Crippen molar-refractivity contribution in [2.24, 2.45) is 0 Å². The van der Waals surface area contributed by atoms with Gasteiger partial charge >= 0.3 is 5.97 Å². The van der Waals surface area contributed by atoms with Gasteiger partial charge in [-0.15, -0.1) is 0 Å². The first-order valence-corrected chi connectivity index (χ1v) is 6.45. The van der Waals surface area contributed by atoms with Crippen LogP contribution in [-0.2, 0) is 0 Å². The van der Waals surface area contributed by atoms with Crippen LogP contribution in [0, 0.1) is 21.4 Å². The lowest BCUT2D eigenvalue weighted by atomic mass is 9.97. The standard InChI is InChI=1S/C14H7BrN2O4/c15-10-2-4-11(9(5-10)7-16)12-3-1-8(14(18)19)6-13(12)17(20)21/h1-6H,(H,18,19). The number of halogens is 1. The molecule has 21 heavy (non-hydrogen) atoms. The monoisotopic (exact) mass is 346 g/mol. The predicted molar refractivity (Wildman–Crippen MR) is 77.9 cm³/mol. The van der Waals surface area contributed by atoms with Crippen molar-refractivity contribution in [1.82, 2.24) is 0 Å². The molecule has 2 rings (SSSR count). The number of aromatic carboxylic acids is 1. The van der Waals surface area contributed by atoms with E-state index in [1.54, 1.807) is 18.2 Å². The van der Waals surface area contributed by atoms with E-state index < -0.39 is 10.9 Å². The number of nitriles is 1. The van der Waals surface area contributed by atoms with E-state index in [9.17, 15) is 14.9 Å². The minimum Gasteiger partial charge on any atom is -0.478 e. The number of hydrogen-bond acceptors (Lipinski definition) is 4. The number of hydrogen-bond donors (Lipinski definition) is 1. The fourth-order valence-electron chi connectivity index (χ4n) is 1.89. The topological polar surface area (TPSA) is 104 Å². The van der Waals surface area contributed by atoms with E-state index in [4.69, 9.17) is 10.4 Å². The van der Waals surface area contributed by atoms with Crippen LogP contribution in [0.15, 0.2) is 40.9 Å². The van der Waals surface area contributed by atoms with E-state index in [1.165, 1.54) is 12.1 Å². The first-order chi connectivity index (χ1) is 9.93. The van der Waals surface area contributed by atoms with Crippen LogP contribution in [0.4, 0.5) is 5.69 Å². The SMILES string of the molecule is N#Cc1cc(Br)ccc1-c1ccc(C(=O)O)cc1[N+](=O)[O-]. The van der Waals surface area contributed by atoms with Crippen molar-refractivity contribution in [2.45, 2.75) is 0 Å². The number of carboxylic acids is 1. The van der Waals surface area contributed by atoms with Crippen LogP contribution >= 0.6 is 15.9 Å². The van der Waals surface area contributed by atoms with E-state index in [2.05, 4.69) is 15.9 Å². The molecule has 7 heteroatoms. The summed E-state index contributed by atoms with van der Waals surface area (Å²) in [6, 6.07) is 10.3. The summed E-state index contributed by atoms with van der Waals surface area (Å²) in [4.78, 5) is 21.4. The molecule has 1 N–H and O–H groups in total. The van der Waals surface area contributed by atoms with Crippen molar-refractivity contribution < 1.29 is 14.8 Å². The maximum Gasteiger partial charge on any atom is 0.335 e. The van der Waals surface area contributed by atoms with Gasteiger partial charge in [-0.1, -0.05) is 22.0 Å². The lowest BCUT2D eigenvalue weighted by Gasteiger charge is -2.07. The molecule has 0 saturated carbocycles. The van der Waals surface area contributed by atoms with Crippen LogP contribution in [0.5, 0.6) is 0 Å². The minimum atomic E-state index is -1.25. The summed E-state index contributed by atoms with van der Waals surface area (Å²) in [5.41, 5.74) is 0.309. The smallest absolute Gasteiger partial charge is 0.335 e. The Morgan fingerprint density at radius 3 is 2.48 bits per heavy atom. The molecule has 104 valence electrons. The first kappa shape index (κ1) is 14.7. The van der Waals surface area contributed by atoms with Gasteiger partial charge in [-0.05, 0) is 24.3 Å². The Morgan fingerprint density at radius 2 is 1.90 bits per heavy atom. The van der Waals surface area contributed by atoms with Gasteiger partial charge in [0.2, 0.25) is 0 Å². The Balaban J connectivity index is 2.73. The van der Waals surface area contributed by atoms with Gasteiger partial charge in [-0.2, -0.15) is 5.26 Å². The van der Waals surface area contributed by atoms with Crippen molar-refractivity contribution in [3.63, 3.8) is 0 Å². The number of benzene rings is 2. The van der Waals surface area contributed by atoms with Gasteiger partial charge in [-0.25, -0.2) is 4.79 Å². The highest BCUT2D eigenvalue weighted by atomic mass is 79.9. The van der Waals surface area contributed by atoms with E-state index in [0.717, 1.165) is 6.07 Å². The Morgan fingerprint density at radius 1 is 1.24 bits per heavy atom. The van der Waals surface area contributed by atoms with Crippen LogP contribution in [0.25, 0.3) is 11.1 Å². The maximum atomic E-state index is 11.2. The summed E-state index contributed by atoms with van der Waals surface area (Å²) in [7, 11) is 0. The summed E-state index contributed by atoms with van der Waals surface area (Å²) in [5.74, 6) is -1.25. The molecule has 0 aromatic heterocycles. The third kappa shape index (κ3) is 2.90. The summed E-state index contributed by atoms with van der Waals surface area (Å²) in [6.45, 7) is 0. The van der Waals surface area contributed by atoms with Gasteiger partial charge in [0, 0.05) is 16.1 Å². The number of nitro benzene ring substituents is 1. The zero-order chi connectivity index (χ0) is 15.6. The van der Waals surface area contributed by atoms with Crippen LogP contribution in [0.3, 0.4) is 0 Å². The fraction of sp³-hybridized carbons (Fsp3) is 0. The molecule has 6 nitrogen and oxygen atoms in total. The molecule has 0 aliphatic heterocycles. The molecule has 0 heterocycles. The average Bonchev–Trinajstić information content (AvgIpc) is 2.46. The number of nitrogens with zero attached hydrogens (tertiary/aromatic N) is 2. The summed E-state index contributed by atoms with van der Waals surface area (Å²) >= 11 is 3.23. The molecule has 0 bridgehead atoms. The van der Waals surface area contributed by atoms with Gasteiger partial charge in [0.25, 0.3) is 5.69 Å². The normalized spacial score (nSPS) is 9.90. The van der Waals surface area contributed by atoms with Gasteiger partial charge in [0.1, 0.15) is 0 Å². The van der Waals surface area contributed by atoms with Gasteiger partial charge in [0.05, 0.1) is 27.7 Å². The summed E-state index contributed by atoms with van der Waals surface area (Å²) in [5, 5.41) is 29.2. The van der Waals surface area contributed by atoms with E-state index >= 15 is 0 Å². The predicted octanol–water partition coefficient (Wildman–Crippen LogP) is 3.59. The molecule has 0 saturated heterocycles. The first-order valence-electron chi connectivity index (χ1n) is 5.66. The van der Waals surface area contributed by atoms with Gasteiger partial charge < -0.3 is 5.11 Å². The zero-order valence-corrected chi connectivity index (χ0v) is 12.0. The minimum absolute atomic E-state index is 0.180. The quantitative estimate of drug-likeness (QED) is 0.675. The van der Waals surface area contributed by atoms with E-state index in [-0.39, 0.29) is 22.4 Å². The Hall–Kier alpha value is -2.72. The highest BCUT2D eigenvalue weighted by molar-refractivity contribution is 9.10. The number of carboxylic acid groups (broad SMARTS) is 1.